The summed E-state index contributed by atoms with van der Waals surface area (Å²) in [5, 5.41) is 3.88. The van der Waals surface area contributed by atoms with Crippen LogP contribution >= 0.6 is 43.1 Å². The van der Waals surface area contributed by atoms with Gasteiger partial charge in [-0.05, 0) is 35.9 Å². The quantitative estimate of drug-likeness (QED) is 0.626. The second-order valence-corrected chi connectivity index (χ2v) is 7.26. The van der Waals surface area contributed by atoms with Crippen LogP contribution in [0, 0.1) is 0 Å². The Kier molecular flexibility index (Phi) is 8.74. The van der Waals surface area contributed by atoms with E-state index in [1.807, 2.05) is 26.0 Å². The van der Waals surface area contributed by atoms with Gasteiger partial charge in [-0.3, -0.25) is 4.57 Å². The summed E-state index contributed by atoms with van der Waals surface area (Å²) < 4.78 is 16.5. The highest BCUT2D eigenvalue weighted by Gasteiger charge is 2.01. The molecule has 0 saturated carbocycles. The highest BCUT2D eigenvalue weighted by atomic mass is 35.5. The van der Waals surface area contributed by atoms with Crippen LogP contribution in [0.15, 0.2) is 29.3 Å². The largest absolute Gasteiger partial charge is 0.323 e. The average molecular weight is 354 g/mol. The van der Waals surface area contributed by atoms with E-state index in [1.165, 1.54) is 0 Å². The van der Waals surface area contributed by atoms with Crippen molar-refractivity contribution in [3.8, 4) is 0 Å². The van der Waals surface area contributed by atoms with Crippen LogP contribution in [0.5, 0.6) is 0 Å². The molecule has 1 N–H and O–H groups in total. The molecule has 0 radical (unpaired) electrons. The predicted molar refractivity (Wildman–Crippen MR) is 89.9 cm³/mol. The van der Waals surface area contributed by atoms with Crippen molar-refractivity contribution in [2.24, 2.45) is 0 Å². The first-order valence-corrected chi connectivity index (χ1v) is 9.25. The Balaban J connectivity index is 2.40. The van der Waals surface area contributed by atoms with E-state index in [1.54, 1.807) is 24.0 Å². The normalized spacial score (nSPS) is 13.3. The van der Waals surface area contributed by atoms with Gasteiger partial charge in [-0.2, -0.15) is 0 Å². The molecule has 3 nitrogen and oxygen atoms in total. The zero-order chi connectivity index (χ0) is 15.0. The molecule has 112 valence electrons. The number of rotatable bonds is 8. The van der Waals surface area contributed by atoms with Gasteiger partial charge in [-0.1, -0.05) is 36.2 Å². The first kappa shape index (κ1) is 17.9. The van der Waals surface area contributed by atoms with E-state index in [-0.39, 0.29) is 0 Å². The van der Waals surface area contributed by atoms with E-state index in [4.69, 9.17) is 27.7 Å². The Hall–Kier alpha value is -0.120. The molecule has 0 spiro atoms. The maximum absolute atomic E-state index is 11.4. The number of thioether (sulfide) groups is 1. The van der Waals surface area contributed by atoms with Crippen molar-refractivity contribution in [1.82, 2.24) is 5.09 Å². The lowest BCUT2D eigenvalue weighted by Crippen LogP contribution is -1.96. The molecule has 1 atom stereocenters. The van der Waals surface area contributed by atoms with Gasteiger partial charge in [0, 0.05) is 12.0 Å². The Morgan fingerprint density at radius 2 is 2.20 bits per heavy atom. The van der Waals surface area contributed by atoms with Crippen LogP contribution in [-0.2, 0) is 14.8 Å². The van der Waals surface area contributed by atoms with Gasteiger partial charge in [0.1, 0.15) is 0 Å². The van der Waals surface area contributed by atoms with Crippen LogP contribution in [0.25, 0.3) is 0 Å². The van der Waals surface area contributed by atoms with E-state index in [2.05, 4.69) is 5.09 Å². The minimum absolute atomic E-state index is 0.508. The van der Waals surface area contributed by atoms with E-state index >= 15 is 0 Å². The molecule has 0 aliphatic heterocycles. The molecule has 0 aliphatic carbocycles. The highest BCUT2D eigenvalue weighted by Crippen LogP contribution is 2.27. The number of halogens is 2. The molecule has 7 heteroatoms. The first-order valence-electron chi connectivity index (χ1n) is 6.19. The third kappa shape index (κ3) is 7.05. The summed E-state index contributed by atoms with van der Waals surface area (Å²) in [6, 6.07) is 5.58. The topological polar surface area (TPSA) is 38.3 Å². The fraction of sp³-hybridized carbons (Fsp3) is 0.385. The lowest BCUT2D eigenvalue weighted by molar-refractivity contribution is 0.325. The molecule has 1 aromatic rings. The third-order valence-electron chi connectivity index (χ3n) is 2.28. The molecule has 1 rings (SSSR count). The van der Waals surface area contributed by atoms with Gasteiger partial charge in [0.05, 0.1) is 16.7 Å². The standard InChI is InChI=1S/C13H18Cl2NO2PS/c1-3-6-18-19(17)16-8-10(2)20-9-11-4-5-12(14)13(15)7-11/h4-5,7-8,19H,3,6,9H2,1-2H3,(H,16,17)/b10-8+. The molecule has 0 heterocycles. The van der Waals surface area contributed by atoms with Crippen molar-refractivity contribution in [3.05, 3.63) is 44.9 Å². The Morgan fingerprint density at radius 3 is 2.85 bits per heavy atom. The summed E-state index contributed by atoms with van der Waals surface area (Å²) in [6.45, 7) is 4.43. The van der Waals surface area contributed by atoms with Crippen LogP contribution in [0.4, 0.5) is 0 Å². The lowest BCUT2D eigenvalue weighted by Gasteiger charge is -2.06. The Labute approximate surface area is 135 Å². The van der Waals surface area contributed by atoms with Crippen molar-refractivity contribution < 1.29 is 9.09 Å². The number of hydrogen-bond acceptors (Lipinski definition) is 3. The van der Waals surface area contributed by atoms with Gasteiger partial charge in [0.25, 0.3) is 8.18 Å². The van der Waals surface area contributed by atoms with Crippen molar-refractivity contribution in [2.45, 2.75) is 26.0 Å². The van der Waals surface area contributed by atoms with Gasteiger partial charge in [-0.15, -0.1) is 11.8 Å². The van der Waals surface area contributed by atoms with Crippen LogP contribution in [-0.4, -0.2) is 6.61 Å². The molecule has 0 saturated heterocycles. The maximum atomic E-state index is 11.4. The van der Waals surface area contributed by atoms with E-state index in [0.717, 1.165) is 22.6 Å². The van der Waals surface area contributed by atoms with Crippen molar-refractivity contribution in [1.29, 1.82) is 0 Å². The highest BCUT2D eigenvalue weighted by molar-refractivity contribution is 8.02. The van der Waals surface area contributed by atoms with E-state index in [0.29, 0.717) is 16.7 Å². The third-order valence-corrected chi connectivity index (χ3v) is 4.92. The summed E-state index contributed by atoms with van der Waals surface area (Å²) in [6.07, 6.45) is 2.58. The van der Waals surface area contributed by atoms with Gasteiger partial charge in [-0.25, -0.2) is 0 Å². The maximum Gasteiger partial charge on any atom is 0.281 e. The molecule has 0 fully saturated rings. The molecule has 1 aromatic carbocycles. The zero-order valence-corrected chi connectivity index (χ0v) is 14.7. The molecule has 0 aliphatic rings. The second-order valence-electron chi connectivity index (χ2n) is 4.07. The molecule has 20 heavy (non-hydrogen) atoms. The molecule has 0 bridgehead atoms. The minimum atomic E-state index is -2.17. The second kappa shape index (κ2) is 9.75. The predicted octanol–water partition coefficient (Wildman–Crippen LogP) is 5.49. The van der Waals surface area contributed by atoms with Gasteiger partial charge in [0.2, 0.25) is 0 Å². The van der Waals surface area contributed by atoms with Crippen molar-refractivity contribution in [3.63, 3.8) is 0 Å². The summed E-state index contributed by atoms with van der Waals surface area (Å²) in [5.74, 6) is 0.775. The van der Waals surface area contributed by atoms with Crippen LogP contribution in [0.1, 0.15) is 25.8 Å². The van der Waals surface area contributed by atoms with Gasteiger partial charge in [0.15, 0.2) is 0 Å². The molecule has 1 unspecified atom stereocenters. The fourth-order valence-electron chi connectivity index (χ4n) is 1.27. The van der Waals surface area contributed by atoms with Crippen LogP contribution in [0.2, 0.25) is 10.0 Å². The number of nitrogens with one attached hydrogen (secondary N) is 1. The van der Waals surface area contributed by atoms with Crippen molar-refractivity contribution in [2.75, 3.05) is 6.61 Å². The molecular formula is C13H18Cl2NO2PS. The summed E-state index contributed by atoms with van der Waals surface area (Å²) >= 11 is 13.5. The smallest absolute Gasteiger partial charge is 0.281 e. The zero-order valence-electron chi connectivity index (χ0n) is 11.4. The van der Waals surface area contributed by atoms with Crippen LogP contribution < -0.4 is 5.09 Å². The van der Waals surface area contributed by atoms with E-state index in [9.17, 15) is 4.57 Å². The number of benzene rings is 1. The SMILES string of the molecule is CCCO[PH](=O)N/C=C(\C)SCc1ccc(Cl)c(Cl)c1. The Morgan fingerprint density at radius 1 is 1.45 bits per heavy atom. The van der Waals surface area contributed by atoms with Crippen molar-refractivity contribution >= 4 is 43.1 Å². The Bertz CT molecular complexity index is 497. The van der Waals surface area contributed by atoms with E-state index < -0.39 is 8.18 Å². The molecular weight excluding hydrogens is 336 g/mol. The summed E-state index contributed by atoms with van der Waals surface area (Å²) in [7, 11) is -2.17. The summed E-state index contributed by atoms with van der Waals surface area (Å²) in [4.78, 5) is 1.02. The van der Waals surface area contributed by atoms with Gasteiger partial charge < -0.3 is 9.61 Å². The lowest BCUT2D eigenvalue weighted by atomic mass is 10.2. The number of allylic oxidation sites excluding steroid dienone is 1. The first-order chi connectivity index (χ1) is 9.52. The summed E-state index contributed by atoms with van der Waals surface area (Å²) in [5.41, 5.74) is 1.09. The number of hydrogen-bond donors (Lipinski definition) is 1. The van der Waals surface area contributed by atoms with Gasteiger partial charge >= 0.3 is 0 Å². The van der Waals surface area contributed by atoms with Crippen LogP contribution in [0.3, 0.4) is 0 Å². The molecule has 0 aromatic heterocycles. The monoisotopic (exact) mass is 353 g/mol. The fourth-order valence-corrected chi connectivity index (χ4v) is 3.21. The molecule has 0 amide bonds. The minimum Gasteiger partial charge on any atom is -0.323 e. The average Bonchev–Trinajstić information content (AvgIpc) is 2.44.